The van der Waals surface area contributed by atoms with E-state index >= 15 is 0 Å². The van der Waals surface area contributed by atoms with Crippen LogP contribution in [0.1, 0.15) is 11.1 Å². The number of benzene rings is 2. The van der Waals surface area contributed by atoms with Gasteiger partial charge in [0.1, 0.15) is 11.3 Å². The number of fused-ring (bicyclic) bond motifs is 1. The summed E-state index contributed by atoms with van der Waals surface area (Å²) in [5.41, 5.74) is 2.49. The van der Waals surface area contributed by atoms with Crippen LogP contribution in [0.3, 0.4) is 0 Å². The van der Waals surface area contributed by atoms with Gasteiger partial charge in [0.2, 0.25) is 5.91 Å². The summed E-state index contributed by atoms with van der Waals surface area (Å²) in [6.45, 7) is 0. The Balaban J connectivity index is 1.76. The highest BCUT2D eigenvalue weighted by Crippen LogP contribution is 2.25. The molecule has 3 rings (SSSR count). The number of nitrogens with zero attached hydrogens (tertiary/aromatic N) is 1. The fraction of sp³-hybridized carbons (Fsp3) is 0.286. The molecule has 3 N–H and O–H groups in total. The molecule has 0 fully saturated rings. The molecule has 1 atom stereocenters. The van der Waals surface area contributed by atoms with Crippen molar-refractivity contribution in [2.24, 2.45) is 4.36 Å². The number of rotatable bonds is 8. The van der Waals surface area contributed by atoms with Gasteiger partial charge in [0.15, 0.2) is 0 Å². The number of hydrogen-bond acceptors (Lipinski definition) is 7. The second-order valence-corrected chi connectivity index (χ2v) is 10.1. The molecular formula is C21H25BN2O6S. The minimum Gasteiger partial charge on any atom is -0.497 e. The van der Waals surface area contributed by atoms with Crippen LogP contribution in [-0.2, 0) is 27.4 Å². The number of ether oxygens (including phenoxy) is 1. The average Bonchev–Trinajstić information content (AvgIpc) is 3.08. The van der Waals surface area contributed by atoms with Crippen LogP contribution in [-0.4, -0.2) is 52.8 Å². The van der Waals surface area contributed by atoms with Crippen molar-refractivity contribution in [2.45, 2.75) is 18.8 Å². The van der Waals surface area contributed by atoms with Gasteiger partial charge in [-0.2, -0.15) is 4.36 Å². The van der Waals surface area contributed by atoms with E-state index in [1.807, 2.05) is 24.3 Å². The fourth-order valence-electron chi connectivity index (χ4n) is 3.27. The van der Waals surface area contributed by atoms with Gasteiger partial charge in [0.05, 0.1) is 31.4 Å². The molecule has 1 heterocycles. The Bertz CT molecular complexity index is 1190. The molecule has 0 aliphatic carbocycles. The molecule has 10 heteroatoms. The number of carbonyl (C=O) groups is 1. The quantitative estimate of drug-likeness (QED) is 0.458. The van der Waals surface area contributed by atoms with E-state index in [4.69, 9.17) is 9.15 Å². The molecule has 31 heavy (non-hydrogen) atoms. The van der Waals surface area contributed by atoms with Crippen LogP contribution in [0.25, 0.3) is 11.0 Å². The highest BCUT2D eigenvalue weighted by molar-refractivity contribution is 7.92. The first kappa shape index (κ1) is 22.9. The second kappa shape index (κ2) is 9.55. The number of nitrogens with one attached hydrogen (secondary N) is 1. The molecule has 0 spiro atoms. The Hall–Kier alpha value is -2.82. The topological polar surface area (TPSA) is 121 Å². The van der Waals surface area contributed by atoms with Gasteiger partial charge >= 0.3 is 7.12 Å². The first-order chi connectivity index (χ1) is 14.6. The number of amides is 1. The van der Waals surface area contributed by atoms with Gasteiger partial charge in [-0.1, -0.05) is 18.2 Å². The number of para-hydroxylation sites is 1. The van der Waals surface area contributed by atoms with E-state index in [-0.39, 0.29) is 12.8 Å². The normalized spacial score (nSPS) is 12.4. The van der Waals surface area contributed by atoms with Crippen molar-refractivity contribution in [3.63, 3.8) is 0 Å². The van der Waals surface area contributed by atoms with Gasteiger partial charge < -0.3 is 24.5 Å². The van der Waals surface area contributed by atoms with E-state index in [9.17, 15) is 19.1 Å². The summed E-state index contributed by atoms with van der Waals surface area (Å²) in [5, 5.41) is 23.1. The van der Waals surface area contributed by atoms with Crippen LogP contribution >= 0.6 is 0 Å². The van der Waals surface area contributed by atoms with E-state index < -0.39 is 28.7 Å². The third kappa shape index (κ3) is 6.33. The van der Waals surface area contributed by atoms with Crippen LogP contribution < -0.4 is 10.1 Å². The first-order valence-corrected chi connectivity index (χ1v) is 11.9. The third-order valence-corrected chi connectivity index (χ3v) is 5.23. The van der Waals surface area contributed by atoms with Crippen molar-refractivity contribution in [2.75, 3.05) is 19.6 Å². The SMILES string of the molecule is COc1cc(CC(=O)N[C@@H](Cc2coc3ccccc23)B(O)O)cc(N=S(C)(C)=O)c1. The summed E-state index contributed by atoms with van der Waals surface area (Å²) >= 11 is 0. The summed E-state index contributed by atoms with van der Waals surface area (Å²) in [5.74, 6) is -0.844. The maximum Gasteiger partial charge on any atom is 0.475 e. The smallest absolute Gasteiger partial charge is 0.475 e. The van der Waals surface area contributed by atoms with Crippen LogP contribution in [0.5, 0.6) is 5.75 Å². The second-order valence-electron chi connectivity index (χ2n) is 7.54. The largest absolute Gasteiger partial charge is 0.497 e. The molecule has 0 radical (unpaired) electrons. The lowest BCUT2D eigenvalue weighted by Crippen LogP contribution is -2.48. The lowest BCUT2D eigenvalue weighted by atomic mass is 9.75. The average molecular weight is 444 g/mol. The van der Waals surface area contributed by atoms with E-state index in [1.54, 1.807) is 24.5 Å². The zero-order valence-corrected chi connectivity index (χ0v) is 18.4. The Morgan fingerprint density at radius 3 is 2.68 bits per heavy atom. The van der Waals surface area contributed by atoms with Crippen molar-refractivity contribution in [3.8, 4) is 5.75 Å². The van der Waals surface area contributed by atoms with Crippen molar-refractivity contribution >= 4 is 39.4 Å². The standard InChI is InChI=1S/C21H25BN2O6S/c1-29-17-9-14(8-16(12-17)24-31(2,3)28)10-21(25)23-20(22(26)27)11-15-13-30-19-7-5-4-6-18(15)19/h4-9,12-13,20,26-27H,10-11H2,1-3H3,(H,23,25)/t20-/m0/s1. The predicted octanol–water partition coefficient (Wildman–Crippen LogP) is 2.08. The molecule has 164 valence electrons. The molecule has 0 saturated heterocycles. The van der Waals surface area contributed by atoms with E-state index in [1.165, 1.54) is 19.6 Å². The van der Waals surface area contributed by atoms with Crippen molar-refractivity contribution in [3.05, 3.63) is 59.9 Å². The lowest BCUT2D eigenvalue weighted by molar-refractivity contribution is -0.120. The molecule has 0 unspecified atom stereocenters. The molecule has 0 aliphatic heterocycles. The lowest BCUT2D eigenvalue weighted by Gasteiger charge is -2.17. The Morgan fingerprint density at radius 2 is 2.00 bits per heavy atom. The van der Waals surface area contributed by atoms with Gasteiger partial charge in [-0.25, -0.2) is 4.21 Å². The third-order valence-electron chi connectivity index (χ3n) is 4.58. The Kier molecular flexibility index (Phi) is 7.04. The number of methoxy groups -OCH3 is 1. The summed E-state index contributed by atoms with van der Waals surface area (Å²) in [6.07, 6.45) is 4.74. The minimum absolute atomic E-state index is 0.0380. The molecule has 0 bridgehead atoms. The highest BCUT2D eigenvalue weighted by atomic mass is 32.2. The summed E-state index contributed by atoms with van der Waals surface area (Å²) in [7, 11) is -2.64. The van der Waals surface area contributed by atoms with Crippen LogP contribution in [0, 0.1) is 0 Å². The maximum atomic E-state index is 12.6. The molecule has 0 saturated carbocycles. The number of carbonyl (C=O) groups excluding carboxylic acids is 1. The molecule has 3 aromatic rings. The zero-order chi connectivity index (χ0) is 22.6. The van der Waals surface area contributed by atoms with Crippen molar-refractivity contribution in [1.29, 1.82) is 0 Å². The Labute approximate surface area is 181 Å². The van der Waals surface area contributed by atoms with Crippen LogP contribution in [0.4, 0.5) is 5.69 Å². The highest BCUT2D eigenvalue weighted by Gasteiger charge is 2.27. The molecule has 0 aliphatic rings. The Morgan fingerprint density at radius 1 is 1.26 bits per heavy atom. The van der Waals surface area contributed by atoms with E-state index in [0.717, 1.165) is 10.9 Å². The first-order valence-electron chi connectivity index (χ1n) is 9.60. The molecular weight excluding hydrogens is 419 g/mol. The molecule has 2 aromatic carbocycles. The van der Waals surface area contributed by atoms with Crippen LogP contribution in [0.15, 0.2) is 57.5 Å². The van der Waals surface area contributed by atoms with Crippen LogP contribution in [0.2, 0.25) is 0 Å². The van der Waals surface area contributed by atoms with Crippen molar-refractivity contribution < 1.29 is 28.2 Å². The molecule has 1 aromatic heterocycles. The zero-order valence-electron chi connectivity index (χ0n) is 17.6. The monoisotopic (exact) mass is 444 g/mol. The summed E-state index contributed by atoms with van der Waals surface area (Å²) in [4.78, 5) is 12.6. The van der Waals surface area contributed by atoms with Crippen molar-refractivity contribution in [1.82, 2.24) is 5.32 Å². The summed E-state index contributed by atoms with van der Waals surface area (Å²) in [6, 6.07) is 12.4. The van der Waals surface area contributed by atoms with Gasteiger partial charge in [0, 0.05) is 33.7 Å². The number of furan rings is 1. The molecule has 8 nitrogen and oxygen atoms in total. The maximum absolute atomic E-state index is 12.6. The fourth-order valence-corrected chi connectivity index (χ4v) is 3.88. The predicted molar refractivity (Wildman–Crippen MR) is 121 cm³/mol. The minimum atomic E-state index is -2.38. The van der Waals surface area contributed by atoms with E-state index in [2.05, 4.69) is 9.68 Å². The molecule has 1 amide bonds. The van der Waals surface area contributed by atoms with Gasteiger partial charge in [-0.3, -0.25) is 4.79 Å². The van der Waals surface area contributed by atoms with Gasteiger partial charge in [-0.05, 0) is 35.7 Å². The van der Waals surface area contributed by atoms with Gasteiger partial charge in [-0.15, -0.1) is 0 Å². The van der Waals surface area contributed by atoms with Gasteiger partial charge in [0.25, 0.3) is 0 Å². The summed E-state index contributed by atoms with van der Waals surface area (Å²) < 4.78 is 26.9. The van der Waals surface area contributed by atoms with E-state index in [0.29, 0.717) is 22.6 Å². The number of hydrogen-bond donors (Lipinski definition) is 3.